The second-order valence-corrected chi connectivity index (χ2v) is 12.5. The Morgan fingerprint density at radius 3 is 2.35 bits per heavy atom. The monoisotopic (exact) mass is 434 g/mol. The minimum absolute atomic E-state index is 0.137. The normalized spacial score (nSPS) is 50.5. The van der Waals surface area contributed by atoms with Gasteiger partial charge in [-0.3, -0.25) is 0 Å². The van der Waals surface area contributed by atoms with Gasteiger partial charge in [-0.05, 0) is 73.0 Å². The van der Waals surface area contributed by atoms with E-state index in [4.69, 9.17) is 0 Å². The Morgan fingerprint density at radius 2 is 1.68 bits per heavy atom. The molecular weight excluding hydrogens is 388 g/mol. The molecule has 31 heavy (non-hydrogen) atoms. The van der Waals surface area contributed by atoms with Crippen molar-refractivity contribution >= 4 is 0 Å². The summed E-state index contributed by atoms with van der Waals surface area (Å²) in [6, 6.07) is 0. The zero-order chi connectivity index (χ0) is 22.7. The van der Waals surface area contributed by atoms with Crippen LogP contribution in [0.1, 0.15) is 86.0 Å². The van der Waals surface area contributed by atoms with E-state index in [0.717, 1.165) is 30.8 Å². The lowest BCUT2D eigenvalue weighted by atomic mass is 9.45. The summed E-state index contributed by atoms with van der Waals surface area (Å²) < 4.78 is 0. The summed E-state index contributed by atoms with van der Waals surface area (Å²) >= 11 is 0. The highest BCUT2D eigenvalue weighted by molar-refractivity contribution is 5.31. The molecule has 3 saturated carbocycles. The average molecular weight is 435 g/mol. The quantitative estimate of drug-likeness (QED) is 0.486. The fraction of sp³-hybridized carbons (Fsp3) is 0.926. The molecule has 0 amide bonds. The summed E-state index contributed by atoms with van der Waals surface area (Å²) in [7, 11) is 0. The van der Waals surface area contributed by atoms with Crippen molar-refractivity contribution in [2.45, 2.75) is 110 Å². The molecule has 0 aromatic rings. The predicted octanol–water partition coefficient (Wildman–Crippen LogP) is 4.30. The molecule has 178 valence electrons. The van der Waals surface area contributed by atoms with Crippen molar-refractivity contribution in [3.05, 3.63) is 11.6 Å². The minimum atomic E-state index is -1.11. The summed E-state index contributed by atoms with van der Waals surface area (Å²) in [6.45, 7) is 11.6. The number of fused-ring (bicyclic) bond motifs is 5. The van der Waals surface area contributed by atoms with E-state index in [9.17, 15) is 20.4 Å². The van der Waals surface area contributed by atoms with Gasteiger partial charge in [0, 0.05) is 5.41 Å². The van der Waals surface area contributed by atoms with E-state index in [1.165, 1.54) is 25.7 Å². The molecule has 0 saturated heterocycles. The summed E-state index contributed by atoms with van der Waals surface area (Å²) in [5.74, 6) is 2.95. The maximum absolute atomic E-state index is 11.3. The molecule has 4 N–H and O–H groups in total. The van der Waals surface area contributed by atoms with Gasteiger partial charge < -0.3 is 20.4 Å². The van der Waals surface area contributed by atoms with E-state index < -0.39 is 29.8 Å². The molecule has 4 heteroatoms. The Labute approximate surface area is 189 Å². The number of aliphatic hydroxyl groups excluding tert-OH is 4. The van der Waals surface area contributed by atoms with Crippen LogP contribution < -0.4 is 0 Å². The van der Waals surface area contributed by atoms with Gasteiger partial charge in [-0.2, -0.15) is 0 Å². The largest absolute Gasteiger partial charge is 0.390 e. The molecule has 3 fully saturated rings. The molecule has 4 aliphatic rings. The van der Waals surface area contributed by atoms with E-state index in [0.29, 0.717) is 24.2 Å². The van der Waals surface area contributed by atoms with Crippen LogP contribution in [0.15, 0.2) is 11.6 Å². The van der Waals surface area contributed by atoms with Crippen LogP contribution >= 0.6 is 0 Å². The van der Waals surface area contributed by atoms with Crippen LogP contribution in [-0.2, 0) is 0 Å². The highest BCUT2D eigenvalue weighted by Crippen LogP contribution is 2.67. The first kappa shape index (κ1) is 23.7. The van der Waals surface area contributed by atoms with E-state index in [-0.39, 0.29) is 17.3 Å². The highest BCUT2D eigenvalue weighted by Gasteiger charge is 2.64. The Hall–Kier alpha value is -0.420. The van der Waals surface area contributed by atoms with Gasteiger partial charge >= 0.3 is 0 Å². The molecule has 0 aromatic heterocycles. The third-order valence-electron chi connectivity index (χ3n) is 10.5. The zero-order valence-corrected chi connectivity index (χ0v) is 20.3. The molecule has 3 unspecified atom stereocenters. The molecular formula is C27H46O4. The summed E-state index contributed by atoms with van der Waals surface area (Å²) in [6.07, 6.45) is 7.19. The van der Waals surface area contributed by atoms with Gasteiger partial charge in [-0.25, -0.2) is 0 Å². The Kier molecular flexibility index (Phi) is 6.44. The Balaban J connectivity index is 1.58. The maximum Gasteiger partial charge on any atom is 0.107 e. The number of aliphatic hydroxyl groups is 4. The van der Waals surface area contributed by atoms with E-state index >= 15 is 0 Å². The average Bonchev–Trinajstić information content (AvgIpc) is 3.05. The van der Waals surface area contributed by atoms with Crippen molar-refractivity contribution in [2.75, 3.05) is 0 Å². The molecule has 4 aliphatic carbocycles. The molecule has 0 radical (unpaired) electrons. The molecule has 0 aliphatic heterocycles. The lowest BCUT2D eigenvalue weighted by molar-refractivity contribution is -0.174. The molecule has 0 bridgehead atoms. The fourth-order valence-corrected chi connectivity index (χ4v) is 8.74. The van der Waals surface area contributed by atoms with Crippen molar-refractivity contribution in [3.8, 4) is 0 Å². The van der Waals surface area contributed by atoms with Crippen LogP contribution in [0.4, 0.5) is 0 Å². The first-order valence-electron chi connectivity index (χ1n) is 12.9. The lowest BCUT2D eigenvalue weighted by Crippen LogP contribution is -2.62. The minimum Gasteiger partial charge on any atom is -0.390 e. The molecule has 4 nitrogen and oxygen atoms in total. The van der Waals surface area contributed by atoms with Crippen molar-refractivity contribution in [3.63, 3.8) is 0 Å². The van der Waals surface area contributed by atoms with Crippen LogP contribution in [-0.4, -0.2) is 44.8 Å². The van der Waals surface area contributed by atoms with Crippen LogP contribution in [0.25, 0.3) is 0 Å². The summed E-state index contributed by atoms with van der Waals surface area (Å²) in [4.78, 5) is 0. The molecule has 0 aromatic carbocycles. The smallest absolute Gasteiger partial charge is 0.107 e. The highest BCUT2D eigenvalue weighted by atomic mass is 16.4. The molecule has 11 atom stereocenters. The first-order valence-corrected chi connectivity index (χ1v) is 12.9. The van der Waals surface area contributed by atoms with E-state index in [1.807, 2.05) is 6.08 Å². The van der Waals surface area contributed by atoms with Gasteiger partial charge in [0.1, 0.15) is 6.10 Å². The van der Waals surface area contributed by atoms with Crippen LogP contribution in [0.5, 0.6) is 0 Å². The third kappa shape index (κ3) is 3.64. The van der Waals surface area contributed by atoms with Gasteiger partial charge in [0.2, 0.25) is 0 Å². The van der Waals surface area contributed by atoms with Crippen molar-refractivity contribution in [2.24, 2.45) is 46.3 Å². The molecule has 0 spiro atoms. The third-order valence-corrected chi connectivity index (χ3v) is 10.5. The number of rotatable bonds is 5. The molecule has 0 heterocycles. The zero-order valence-electron chi connectivity index (χ0n) is 20.3. The van der Waals surface area contributed by atoms with Gasteiger partial charge in [0.25, 0.3) is 0 Å². The summed E-state index contributed by atoms with van der Waals surface area (Å²) in [5, 5.41) is 43.1. The van der Waals surface area contributed by atoms with Crippen molar-refractivity contribution in [1.29, 1.82) is 0 Å². The second kappa shape index (κ2) is 8.42. The van der Waals surface area contributed by atoms with Gasteiger partial charge in [0.15, 0.2) is 0 Å². The van der Waals surface area contributed by atoms with Crippen LogP contribution in [0, 0.1) is 46.3 Å². The van der Waals surface area contributed by atoms with Crippen molar-refractivity contribution in [1.82, 2.24) is 0 Å². The Morgan fingerprint density at radius 1 is 0.968 bits per heavy atom. The number of hydrogen-bond donors (Lipinski definition) is 4. The van der Waals surface area contributed by atoms with Gasteiger partial charge in [-0.1, -0.05) is 65.5 Å². The summed E-state index contributed by atoms with van der Waals surface area (Å²) in [5.41, 5.74) is 0.649. The predicted molar refractivity (Wildman–Crippen MR) is 123 cm³/mol. The second-order valence-electron chi connectivity index (χ2n) is 12.5. The van der Waals surface area contributed by atoms with Crippen molar-refractivity contribution < 1.29 is 20.4 Å². The standard InChI is InChI=1S/C27H46O4/c1-15(2)7-6-8-16(3)18-9-10-19-23-20(11-12-26(18,19)4)27(5)17(13-21(23)28)14-22(29)24(30)25(27)31/h13,15-16,18-25,28-31H,6-12,14H2,1-5H3/t16-,18-,19+,20+,21?,22-,23+,24?,25?,26-,27+/m1/s1. The van der Waals surface area contributed by atoms with Crippen LogP contribution in [0.3, 0.4) is 0 Å². The van der Waals surface area contributed by atoms with E-state index in [2.05, 4.69) is 34.6 Å². The van der Waals surface area contributed by atoms with Gasteiger partial charge in [-0.15, -0.1) is 0 Å². The van der Waals surface area contributed by atoms with Crippen LogP contribution in [0.2, 0.25) is 0 Å². The number of hydrogen-bond acceptors (Lipinski definition) is 4. The maximum atomic E-state index is 11.3. The first-order chi connectivity index (χ1) is 14.5. The van der Waals surface area contributed by atoms with Gasteiger partial charge in [0.05, 0.1) is 18.3 Å². The lowest BCUT2D eigenvalue weighted by Gasteiger charge is -2.61. The molecule has 4 rings (SSSR count). The topological polar surface area (TPSA) is 80.9 Å². The Bertz CT molecular complexity index is 689. The SMILES string of the molecule is CC(C)CCC[C@@H](C)[C@H]1CC[C@H]2[C@@H]3C(O)C=C4C[C@@H](O)C(O)C(O)[C@]4(C)[C@H]3CC[C@]12C. The fourth-order valence-electron chi connectivity index (χ4n) is 8.74. The van der Waals surface area contributed by atoms with E-state index in [1.54, 1.807) is 0 Å².